The summed E-state index contributed by atoms with van der Waals surface area (Å²) < 4.78 is 4.74. The predicted octanol–water partition coefficient (Wildman–Crippen LogP) is -0.399. The molecule has 0 amide bonds. The Morgan fingerprint density at radius 1 is 1.75 bits per heavy atom. The van der Waals surface area contributed by atoms with Crippen LogP contribution in [0.2, 0.25) is 0 Å². The molecule has 1 aliphatic rings. The Bertz CT molecular complexity index is 229. The van der Waals surface area contributed by atoms with E-state index in [0.717, 1.165) is 0 Å². The molecule has 0 aromatic heterocycles. The minimum atomic E-state index is -1.41. The zero-order valence-corrected chi connectivity index (χ0v) is 7.07. The van der Waals surface area contributed by atoms with Crippen LogP contribution in [0, 0.1) is 0 Å². The molecule has 0 unspecified atom stereocenters. The molecule has 1 rings (SSSR count). The highest BCUT2D eigenvalue weighted by Crippen LogP contribution is 2.26. The van der Waals surface area contributed by atoms with Crippen LogP contribution in [-0.2, 0) is 9.53 Å². The third-order valence-corrected chi connectivity index (χ3v) is 1.93. The molecular weight excluding hydrogens is 160 g/mol. The van der Waals surface area contributed by atoms with E-state index in [1.807, 2.05) is 0 Å². The third-order valence-electron chi connectivity index (χ3n) is 1.93. The maximum atomic E-state index is 11.0. The molecule has 4 nitrogen and oxygen atoms in total. The SMILES string of the molecule is COC1=CC(=O)C[C@@](C)(O)[C@@H]1O. The van der Waals surface area contributed by atoms with Crippen molar-refractivity contribution in [3.63, 3.8) is 0 Å². The molecule has 0 aliphatic heterocycles. The number of allylic oxidation sites excluding steroid dienone is 1. The second kappa shape index (κ2) is 2.88. The van der Waals surface area contributed by atoms with Gasteiger partial charge >= 0.3 is 0 Å². The van der Waals surface area contributed by atoms with Crippen molar-refractivity contribution < 1.29 is 19.7 Å². The van der Waals surface area contributed by atoms with Gasteiger partial charge in [-0.15, -0.1) is 0 Å². The van der Waals surface area contributed by atoms with Crippen LogP contribution in [0.15, 0.2) is 11.8 Å². The zero-order chi connectivity index (χ0) is 9.35. The molecule has 0 heterocycles. The summed E-state index contributed by atoms with van der Waals surface area (Å²) in [6, 6.07) is 0. The fourth-order valence-electron chi connectivity index (χ4n) is 1.22. The first-order valence-electron chi connectivity index (χ1n) is 3.66. The zero-order valence-electron chi connectivity index (χ0n) is 7.07. The molecule has 0 aromatic carbocycles. The van der Waals surface area contributed by atoms with Crippen molar-refractivity contribution in [2.75, 3.05) is 7.11 Å². The lowest BCUT2D eigenvalue weighted by Crippen LogP contribution is -2.45. The lowest BCUT2D eigenvalue weighted by molar-refractivity contribution is -0.128. The first-order chi connectivity index (χ1) is 5.47. The van der Waals surface area contributed by atoms with E-state index < -0.39 is 11.7 Å². The van der Waals surface area contributed by atoms with Gasteiger partial charge in [0.05, 0.1) is 7.11 Å². The average Bonchev–Trinajstić information content (AvgIpc) is 1.96. The Hall–Kier alpha value is -0.870. The van der Waals surface area contributed by atoms with E-state index in [-0.39, 0.29) is 18.0 Å². The second-order valence-electron chi connectivity index (χ2n) is 3.15. The van der Waals surface area contributed by atoms with Crippen molar-refractivity contribution in [2.24, 2.45) is 0 Å². The Labute approximate surface area is 70.5 Å². The smallest absolute Gasteiger partial charge is 0.162 e. The molecule has 0 bridgehead atoms. The van der Waals surface area contributed by atoms with E-state index in [2.05, 4.69) is 0 Å². The van der Waals surface area contributed by atoms with E-state index in [9.17, 15) is 15.0 Å². The van der Waals surface area contributed by atoms with Gasteiger partial charge in [-0.3, -0.25) is 4.79 Å². The fraction of sp³-hybridized carbons (Fsp3) is 0.625. The number of aliphatic hydroxyl groups excluding tert-OH is 1. The summed E-state index contributed by atoms with van der Waals surface area (Å²) in [5, 5.41) is 18.9. The Morgan fingerprint density at radius 3 is 2.83 bits per heavy atom. The number of ether oxygens (including phenoxy) is 1. The number of hydrogen-bond donors (Lipinski definition) is 2. The van der Waals surface area contributed by atoms with E-state index in [4.69, 9.17) is 4.74 Å². The molecule has 0 radical (unpaired) electrons. The molecule has 2 atom stereocenters. The largest absolute Gasteiger partial charge is 0.498 e. The van der Waals surface area contributed by atoms with Gasteiger partial charge in [0.1, 0.15) is 17.5 Å². The summed E-state index contributed by atoms with van der Waals surface area (Å²) in [7, 11) is 1.35. The van der Waals surface area contributed by atoms with E-state index >= 15 is 0 Å². The van der Waals surface area contributed by atoms with Crippen LogP contribution in [0.4, 0.5) is 0 Å². The topological polar surface area (TPSA) is 66.8 Å². The molecule has 0 saturated heterocycles. The quantitative estimate of drug-likeness (QED) is 0.565. The van der Waals surface area contributed by atoms with Crippen molar-refractivity contribution >= 4 is 5.78 Å². The first-order valence-corrected chi connectivity index (χ1v) is 3.66. The van der Waals surface area contributed by atoms with Gasteiger partial charge in [0.15, 0.2) is 5.78 Å². The lowest BCUT2D eigenvalue weighted by atomic mass is 9.86. The molecular formula is C8H12O4. The molecule has 0 saturated carbocycles. The fourth-order valence-corrected chi connectivity index (χ4v) is 1.22. The number of methoxy groups -OCH3 is 1. The van der Waals surface area contributed by atoms with E-state index in [1.54, 1.807) is 0 Å². The van der Waals surface area contributed by atoms with Gasteiger partial charge in [0, 0.05) is 12.5 Å². The summed E-state index contributed by atoms with van der Waals surface area (Å²) in [6.45, 7) is 1.40. The molecule has 0 aromatic rings. The van der Waals surface area contributed by atoms with Crippen molar-refractivity contribution in [3.05, 3.63) is 11.8 Å². The van der Waals surface area contributed by atoms with Gasteiger partial charge < -0.3 is 14.9 Å². The molecule has 0 spiro atoms. The van der Waals surface area contributed by atoms with Crippen LogP contribution in [-0.4, -0.2) is 34.8 Å². The van der Waals surface area contributed by atoms with Gasteiger partial charge in [-0.1, -0.05) is 0 Å². The molecule has 12 heavy (non-hydrogen) atoms. The maximum Gasteiger partial charge on any atom is 0.162 e. The molecule has 0 fully saturated rings. The van der Waals surface area contributed by atoms with Crippen molar-refractivity contribution in [1.29, 1.82) is 0 Å². The number of hydrogen-bond acceptors (Lipinski definition) is 4. The molecule has 2 N–H and O–H groups in total. The lowest BCUT2D eigenvalue weighted by Gasteiger charge is -2.32. The molecule has 4 heteroatoms. The maximum absolute atomic E-state index is 11.0. The van der Waals surface area contributed by atoms with E-state index in [0.29, 0.717) is 0 Å². The minimum absolute atomic E-state index is 0.0684. The highest BCUT2D eigenvalue weighted by atomic mass is 16.5. The Morgan fingerprint density at radius 2 is 2.33 bits per heavy atom. The summed E-state index contributed by atoms with van der Waals surface area (Å²) in [6.07, 6.45) is 0.0316. The normalized spacial score (nSPS) is 36.2. The van der Waals surface area contributed by atoms with E-state index in [1.165, 1.54) is 20.1 Å². The van der Waals surface area contributed by atoms with Gasteiger partial charge in [-0.05, 0) is 6.92 Å². The van der Waals surface area contributed by atoms with Gasteiger partial charge in [-0.2, -0.15) is 0 Å². The van der Waals surface area contributed by atoms with Crippen LogP contribution >= 0.6 is 0 Å². The third kappa shape index (κ3) is 1.49. The van der Waals surface area contributed by atoms with Crippen LogP contribution in [0.25, 0.3) is 0 Å². The minimum Gasteiger partial charge on any atom is -0.498 e. The van der Waals surface area contributed by atoms with Crippen molar-refractivity contribution in [1.82, 2.24) is 0 Å². The Kier molecular flexibility index (Phi) is 2.21. The second-order valence-corrected chi connectivity index (χ2v) is 3.15. The molecule has 1 aliphatic carbocycles. The summed E-state index contributed by atoms with van der Waals surface area (Å²) in [5.41, 5.74) is -1.41. The summed E-state index contributed by atoms with van der Waals surface area (Å²) in [4.78, 5) is 11.0. The summed E-state index contributed by atoms with van der Waals surface area (Å²) in [5.74, 6) is -0.113. The Balaban J connectivity index is 2.95. The van der Waals surface area contributed by atoms with Crippen LogP contribution in [0.1, 0.15) is 13.3 Å². The summed E-state index contributed by atoms with van der Waals surface area (Å²) >= 11 is 0. The number of rotatable bonds is 1. The van der Waals surface area contributed by atoms with Crippen LogP contribution in [0.5, 0.6) is 0 Å². The monoisotopic (exact) mass is 172 g/mol. The first kappa shape index (κ1) is 9.22. The number of carbonyl (C=O) groups is 1. The number of aliphatic hydroxyl groups is 2. The highest BCUT2D eigenvalue weighted by Gasteiger charge is 2.39. The predicted molar refractivity (Wildman–Crippen MR) is 41.3 cm³/mol. The molecule has 68 valence electrons. The van der Waals surface area contributed by atoms with Gasteiger partial charge in [0.2, 0.25) is 0 Å². The average molecular weight is 172 g/mol. The van der Waals surface area contributed by atoms with Gasteiger partial charge in [0.25, 0.3) is 0 Å². The highest BCUT2D eigenvalue weighted by molar-refractivity contribution is 5.92. The number of carbonyl (C=O) groups excluding carboxylic acids is 1. The van der Waals surface area contributed by atoms with Crippen molar-refractivity contribution in [3.8, 4) is 0 Å². The van der Waals surface area contributed by atoms with Crippen LogP contribution in [0.3, 0.4) is 0 Å². The van der Waals surface area contributed by atoms with Crippen LogP contribution < -0.4 is 0 Å². The van der Waals surface area contributed by atoms with Crippen molar-refractivity contribution in [2.45, 2.75) is 25.0 Å². The van der Waals surface area contributed by atoms with Gasteiger partial charge in [-0.25, -0.2) is 0 Å². The standard InChI is InChI=1S/C8H12O4/c1-8(11)4-5(9)3-6(12-2)7(8)10/h3,7,10-11H,4H2,1-2H3/t7-,8-/m1/s1. The number of ketones is 1.